The van der Waals surface area contributed by atoms with Gasteiger partial charge in [-0.05, 0) is 62.1 Å². The van der Waals surface area contributed by atoms with Gasteiger partial charge in [-0.15, -0.1) is 0 Å². The average molecular weight is 362 g/mol. The number of hydrogen-bond acceptors (Lipinski definition) is 5. The van der Waals surface area contributed by atoms with Gasteiger partial charge in [-0.25, -0.2) is 4.98 Å². The highest BCUT2D eigenvalue weighted by molar-refractivity contribution is 5.61. The molecule has 5 nitrogen and oxygen atoms in total. The fraction of sp³-hybridized carbons (Fsp3) is 0.273. The number of nitrogens with zero attached hydrogens (tertiary/aromatic N) is 2. The van der Waals surface area contributed by atoms with Crippen LogP contribution in [0.1, 0.15) is 22.4 Å². The third-order valence-electron chi connectivity index (χ3n) is 4.56. The molecule has 0 bridgehead atoms. The van der Waals surface area contributed by atoms with Crippen LogP contribution >= 0.6 is 0 Å². The number of benzene rings is 2. The second-order valence-electron chi connectivity index (χ2n) is 6.62. The predicted octanol–water partition coefficient (Wildman–Crippen LogP) is 4.81. The number of ether oxygens (including phenoxy) is 1. The zero-order valence-electron chi connectivity index (χ0n) is 16.3. The molecule has 0 saturated carbocycles. The molecule has 27 heavy (non-hydrogen) atoms. The molecule has 1 aromatic heterocycles. The molecule has 0 unspecified atom stereocenters. The van der Waals surface area contributed by atoms with E-state index in [9.17, 15) is 0 Å². The molecule has 0 radical (unpaired) electrons. The number of rotatable bonds is 7. The van der Waals surface area contributed by atoms with Crippen LogP contribution in [-0.4, -0.2) is 23.6 Å². The van der Waals surface area contributed by atoms with Gasteiger partial charge in [0.15, 0.2) is 0 Å². The Morgan fingerprint density at radius 3 is 2.59 bits per heavy atom. The van der Waals surface area contributed by atoms with Crippen molar-refractivity contribution in [3.8, 4) is 5.75 Å². The number of methoxy groups -OCH3 is 1. The van der Waals surface area contributed by atoms with E-state index in [2.05, 4.69) is 52.6 Å². The molecule has 0 amide bonds. The van der Waals surface area contributed by atoms with Crippen LogP contribution in [-0.2, 0) is 6.42 Å². The highest BCUT2D eigenvalue weighted by Gasteiger charge is 2.06. The Morgan fingerprint density at radius 1 is 0.963 bits per heavy atom. The van der Waals surface area contributed by atoms with E-state index in [-0.39, 0.29) is 0 Å². The zero-order valence-corrected chi connectivity index (χ0v) is 16.3. The summed E-state index contributed by atoms with van der Waals surface area (Å²) in [4.78, 5) is 9.12. The Morgan fingerprint density at radius 2 is 1.78 bits per heavy atom. The van der Waals surface area contributed by atoms with Gasteiger partial charge < -0.3 is 15.4 Å². The molecule has 0 spiro atoms. The van der Waals surface area contributed by atoms with E-state index in [1.54, 1.807) is 7.11 Å². The van der Waals surface area contributed by atoms with E-state index in [0.29, 0.717) is 5.95 Å². The van der Waals surface area contributed by atoms with Gasteiger partial charge in [0.25, 0.3) is 0 Å². The van der Waals surface area contributed by atoms with Gasteiger partial charge in [-0.1, -0.05) is 24.3 Å². The van der Waals surface area contributed by atoms with Gasteiger partial charge in [-0.3, -0.25) is 0 Å². The van der Waals surface area contributed by atoms with Gasteiger partial charge in [0.05, 0.1) is 7.11 Å². The fourth-order valence-corrected chi connectivity index (χ4v) is 2.88. The lowest BCUT2D eigenvalue weighted by Gasteiger charge is -2.12. The van der Waals surface area contributed by atoms with Crippen LogP contribution in [0.15, 0.2) is 48.5 Å². The van der Waals surface area contributed by atoms with E-state index in [1.165, 1.54) is 16.7 Å². The molecule has 0 atom stereocenters. The second kappa shape index (κ2) is 8.54. The molecule has 0 saturated heterocycles. The molecule has 3 rings (SSSR count). The van der Waals surface area contributed by atoms with E-state index in [0.717, 1.165) is 35.9 Å². The molecule has 0 fully saturated rings. The van der Waals surface area contributed by atoms with Gasteiger partial charge in [-0.2, -0.15) is 4.98 Å². The molecule has 0 aliphatic rings. The Bertz CT molecular complexity index is 924. The topological polar surface area (TPSA) is 59.1 Å². The van der Waals surface area contributed by atoms with E-state index in [1.807, 2.05) is 37.3 Å². The first-order chi connectivity index (χ1) is 13.0. The molecule has 1 heterocycles. The van der Waals surface area contributed by atoms with Crippen molar-refractivity contribution in [3.63, 3.8) is 0 Å². The maximum absolute atomic E-state index is 5.28. The summed E-state index contributed by atoms with van der Waals surface area (Å²) in [6.07, 6.45) is 0.889. The smallest absolute Gasteiger partial charge is 0.229 e. The minimum Gasteiger partial charge on any atom is -0.497 e. The molecular formula is C22H26N4O. The Hall–Kier alpha value is -3.08. The van der Waals surface area contributed by atoms with Gasteiger partial charge in [0.2, 0.25) is 5.95 Å². The van der Waals surface area contributed by atoms with Gasteiger partial charge in [0.1, 0.15) is 11.6 Å². The summed E-state index contributed by atoms with van der Waals surface area (Å²) >= 11 is 0. The summed E-state index contributed by atoms with van der Waals surface area (Å²) in [7, 11) is 1.69. The quantitative estimate of drug-likeness (QED) is 0.632. The summed E-state index contributed by atoms with van der Waals surface area (Å²) < 4.78 is 5.28. The minimum atomic E-state index is 0.604. The lowest BCUT2D eigenvalue weighted by atomic mass is 10.1. The Labute approximate surface area is 160 Å². The van der Waals surface area contributed by atoms with Crippen LogP contribution in [0.2, 0.25) is 0 Å². The number of aryl methyl sites for hydroxylation is 2. The van der Waals surface area contributed by atoms with Crippen LogP contribution in [0.4, 0.5) is 17.5 Å². The van der Waals surface area contributed by atoms with Crippen LogP contribution in [0, 0.1) is 20.8 Å². The van der Waals surface area contributed by atoms with E-state index in [4.69, 9.17) is 4.74 Å². The summed E-state index contributed by atoms with van der Waals surface area (Å²) in [6, 6.07) is 16.3. The Balaban J connectivity index is 1.67. The second-order valence-corrected chi connectivity index (χ2v) is 6.62. The highest BCUT2D eigenvalue weighted by atomic mass is 16.5. The van der Waals surface area contributed by atoms with Crippen LogP contribution in [0.25, 0.3) is 0 Å². The minimum absolute atomic E-state index is 0.604. The molecule has 2 aromatic carbocycles. The van der Waals surface area contributed by atoms with E-state index >= 15 is 0 Å². The normalized spacial score (nSPS) is 10.5. The maximum Gasteiger partial charge on any atom is 0.229 e. The first-order valence-electron chi connectivity index (χ1n) is 9.11. The fourth-order valence-electron chi connectivity index (χ4n) is 2.88. The van der Waals surface area contributed by atoms with Crippen LogP contribution < -0.4 is 15.4 Å². The number of aromatic nitrogens is 2. The van der Waals surface area contributed by atoms with E-state index < -0.39 is 0 Å². The molecule has 0 aliphatic carbocycles. The van der Waals surface area contributed by atoms with Gasteiger partial charge >= 0.3 is 0 Å². The molecule has 2 N–H and O–H groups in total. The third-order valence-corrected chi connectivity index (χ3v) is 4.56. The molecule has 3 aromatic rings. The van der Waals surface area contributed by atoms with Gasteiger partial charge in [0, 0.05) is 24.0 Å². The molecule has 0 aliphatic heterocycles. The summed E-state index contributed by atoms with van der Waals surface area (Å²) in [6.45, 7) is 6.96. The molecular weight excluding hydrogens is 336 g/mol. The number of anilines is 3. The van der Waals surface area contributed by atoms with Crippen molar-refractivity contribution in [1.29, 1.82) is 0 Å². The zero-order chi connectivity index (χ0) is 19.2. The first-order valence-corrected chi connectivity index (χ1v) is 9.11. The standard InChI is InChI=1S/C22H26N4O/c1-15-7-5-10-20(17(15)3)25-22-24-16(2)13-21(26-22)23-12-11-18-8-6-9-19(14-18)27-4/h5-10,13-14H,11-12H2,1-4H3,(H2,23,24,25,26). The predicted molar refractivity (Wildman–Crippen MR) is 111 cm³/mol. The van der Waals surface area contributed by atoms with Crippen LogP contribution in [0.5, 0.6) is 5.75 Å². The van der Waals surface area contributed by atoms with Crippen molar-refractivity contribution in [2.45, 2.75) is 27.2 Å². The highest BCUT2D eigenvalue weighted by Crippen LogP contribution is 2.22. The first kappa shape index (κ1) is 18.7. The van der Waals surface area contributed by atoms with Crippen molar-refractivity contribution in [1.82, 2.24) is 9.97 Å². The number of hydrogen-bond donors (Lipinski definition) is 2. The summed E-state index contributed by atoms with van der Waals surface area (Å²) in [5.41, 5.74) is 5.62. The lowest BCUT2D eigenvalue weighted by Crippen LogP contribution is -2.09. The van der Waals surface area contributed by atoms with Crippen LogP contribution in [0.3, 0.4) is 0 Å². The number of nitrogens with one attached hydrogen (secondary N) is 2. The monoisotopic (exact) mass is 362 g/mol. The Kier molecular flexibility index (Phi) is 5.91. The summed E-state index contributed by atoms with van der Waals surface area (Å²) in [5.74, 6) is 2.30. The maximum atomic E-state index is 5.28. The molecule has 5 heteroatoms. The van der Waals surface area contributed by atoms with Crippen molar-refractivity contribution in [2.24, 2.45) is 0 Å². The lowest BCUT2D eigenvalue weighted by molar-refractivity contribution is 0.414. The molecule has 140 valence electrons. The third kappa shape index (κ3) is 4.97. The largest absolute Gasteiger partial charge is 0.497 e. The average Bonchev–Trinajstić information content (AvgIpc) is 2.65. The SMILES string of the molecule is COc1cccc(CCNc2cc(C)nc(Nc3cccc(C)c3C)n2)c1. The van der Waals surface area contributed by atoms with Crippen molar-refractivity contribution in [3.05, 3.63) is 70.9 Å². The van der Waals surface area contributed by atoms with Crippen molar-refractivity contribution < 1.29 is 4.74 Å². The van der Waals surface area contributed by atoms with Crippen molar-refractivity contribution >= 4 is 17.5 Å². The van der Waals surface area contributed by atoms with Crippen molar-refractivity contribution in [2.75, 3.05) is 24.3 Å². The summed E-state index contributed by atoms with van der Waals surface area (Å²) in [5, 5.41) is 6.73.